The van der Waals surface area contributed by atoms with E-state index in [4.69, 9.17) is 11.6 Å². The maximum absolute atomic E-state index is 12.6. The van der Waals surface area contributed by atoms with Crippen LogP contribution < -0.4 is 11.2 Å². The van der Waals surface area contributed by atoms with Gasteiger partial charge >= 0.3 is 5.69 Å². The van der Waals surface area contributed by atoms with E-state index in [1.54, 1.807) is 35.9 Å². The zero-order valence-electron chi connectivity index (χ0n) is 20.3. The van der Waals surface area contributed by atoms with Crippen LogP contribution in [0.15, 0.2) is 45.1 Å². The number of fused-ring (bicyclic) bond motifs is 1. The van der Waals surface area contributed by atoms with Crippen LogP contribution in [-0.2, 0) is 31.4 Å². The number of aromatic nitrogens is 4. The van der Waals surface area contributed by atoms with Crippen LogP contribution in [0.4, 0.5) is 0 Å². The summed E-state index contributed by atoms with van der Waals surface area (Å²) in [7, 11) is 1.68. The molecule has 11 nitrogen and oxygen atoms in total. The Morgan fingerprint density at radius 2 is 1.53 bits per heavy atom. The summed E-state index contributed by atoms with van der Waals surface area (Å²) in [5.41, 5.74) is -0.313. The zero-order valence-corrected chi connectivity index (χ0v) is 21.9. The van der Waals surface area contributed by atoms with Gasteiger partial charge in [-0.05, 0) is 24.3 Å². The molecule has 1 fully saturated rings. The molecule has 1 saturated heterocycles. The van der Waals surface area contributed by atoms with Crippen molar-refractivity contribution in [3.05, 3.63) is 56.5 Å². The minimum absolute atomic E-state index is 0.157. The maximum atomic E-state index is 12.6. The Hall–Kier alpha value is -2.35. The van der Waals surface area contributed by atoms with Crippen molar-refractivity contribution >= 4 is 33.6 Å². The van der Waals surface area contributed by atoms with Gasteiger partial charge in [-0.15, -0.1) is 0 Å². The van der Waals surface area contributed by atoms with Crippen molar-refractivity contribution in [1.29, 1.82) is 0 Å². The molecule has 3 atom stereocenters. The van der Waals surface area contributed by atoms with E-state index >= 15 is 0 Å². The topological polar surface area (TPSA) is 126 Å². The van der Waals surface area contributed by atoms with Gasteiger partial charge in [0.25, 0.3) is 5.56 Å². The Bertz CT molecular complexity index is 1350. The lowest BCUT2D eigenvalue weighted by Crippen LogP contribution is -2.51. The van der Waals surface area contributed by atoms with Crippen LogP contribution in [0.5, 0.6) is 0 Å². The van der Waals surface area contributed by atoms with Gasteiger partial charge in [0, 0.05) is 63.3 Å². The van der Waals surface area contributed by atoms with Crippen molar-refractivity contribution < 1.29 is 14.4 Å². The number of rotatable bonds is 9. The largest absolute Gasteiger partial charge is 0.391 e. The first kappa shape index (κ1) is 26.7. The molecule has 0 saturated carbocycles. The molecule has 3 heterocycles. The van der Waals surface area contributed by atoms with Gasteiger partial charge in [0.1, 0.15) is 0 Å². The van der Waals surface area contributed by atoms with Crippen molar-refractivity contribution in [2.45, 2.75) is 23.6 Å². The van der Waals surface area contributed by atoms with Crippen LogP contribution in [0.3, 0.4) is 0 Å². The summed E-state index contributed by atoms with van der Waals surface area (Å²) in [6, 6.07) is 6.79. The number of halogens is 1. The Balaban J connectivity index is 1.26. The van der Waals surface area contributed by atoms with Crippen molar-refractivity contribution in [2.75, 3.05) is 45.0 Å². The molecule has 2 aromatic heterocycles. The molecule has 0 bridgehead atoms. The Kier molecular flexibility index (Phi) is 8.43. The second-order valence-corrected chi connectivity index (χ2v) is 11.1. The monoisotopic (exact) mass is 538 g/mol. The average Bonchev–Trinajstić information content (AvgIpc) is 3.26. The van der Waals surface area contributed by atoms with E-state index in [9.17, 15) is 24.0 Å². The maximum Gasteiger partial charge on any atom is 0.332 e. The molecule has 0 amide bonds. The summed E-state index contributed by atoms with van der Waals surface area (Å²) in [5, 5.41) is 21.7. The first-order valence-electron chi connectivity index (χ1n) is 11.7. The van der Waals surface area contributed by atoms with Crippen molar-refractivity contribution in [3.8, 4) is 0 Å². The molecule has 3 aromatic rings. The molecular formula is C23H31ClN6O5S. The van der Waals surface area contributed by atoms with Crippen LogP contribution in [-0.4, -0.2) is 100 Å². The third-order valence-electron chi connectivity index (χ3n) is 6.45. The lowest BCUT2D eigenvalue weighted by atomic mass is 10.2. The van der Waals surface area contributed by atoms with Gasteiger partial charge in [-0.25, -0.2) is 9.78 Å². The normalized spacial score (nSPS) is 17.9. The van der Waals surface area contributed by atoms with Crippen LogP contribution in [0.1, 0.15) is 0 Å². The molecule has 2 N–H and O–H groups in total. The zero-order chi connectivity index (χ0) is 26.0. The summed E-state index contributed by atoms with van der Waals surface area (Å²) in [6.07, 6.45) is 0.0252. The van der Waals surface area contributed by atoms with Crippen molar-refractivity contribution in [2.24, 2.45) is 14.1 Å². The number of benzene rings is 1. The van der Waals surface area contributed by atoms with Crippen LogP contribution in [0.25, 0.3) is 11.2 Å². The first-order chi connectivity index (χ1) is 17.1. The molecule has 36 heavy (non-hydrogen) atoms. The highest BCUT2D eigenvalue weighted by molar-refractivity contribution is 7.85. The van der Waals surface area contributed by atoms with Crippen molar-refractivity contribution in [1.82, 2.24) is 28.5 Å². The minimum Gasteiger partial charge on any atom is -0.391 e. The van der Waals surface area contributed by atoms with Crippen LogP contribution in [0, 0.1) is 0 Å². The third kappa shape index (κ3) is 5.96. The van der Waals surface area contributed by atoms with E-state index < -0.39 is 34.3 Å². The number of hydrogen-bond donors (Lipinski definition) is 2. The second kappa shape index (κ2) is 11.4. The standard InChI is InChI=1S/C23H31ClN6O5S/c1-26-21-20(22(33)27(2)23(26)34)30(15-25-21)13-17(31)11-28-7-9-29(10-8-28)12-18(32)14-36(35)19-5-3-16(24)4-6-19/h3-6,15,17-18,31-32H,7-14H2,1-2H3. The lowest BCUT2D eigenvalue weighted by Gasteiger charge is -2.36. The smallest absolute Gasteiger partial charge is 0.332 e. The predicted octanol–water partition coefficient (Wildman–Crippen LogP) is -0.766. The fraction of sp³-hybridized carbons (Fsp3) is 0.522. The number of piperazine rings is 1. The SMILES string of the molecule is Cn1c(=O)c2c(ncn2CC(O)CN2CCN(CC(O)CS(=O)c3ccc(Cl)cc3)CC2)n(C)c1=O. The molecule has 4 rings (SSSR count). The molecule has 0 aliphatic carbocycles. The first-order valence-corrected chi connectivity index (χ1v) is 13.4. The van der Waals surface area contributed by atoms with Gasteiger partial charge in [-0.1, -0.05) is 11.6 Å². The number of nitrogens with zero attached hydrogens (tertiary/aromatic N) is 6. The Morgan fingerprint density at radius 1 is 0.944 bits per heavy atom. The summed E-state index contributed by atoms with van der Waals surface area (Å²) < 4.78 is 16.4. The molecule has 0 spiro atoms. The molecule has 3 unspecified atom stereocenters. The summed E-state index contributed by atoms with van der Waals surface area (Å²) >= 11 is 5.87. The quantitative estimate of drug-likeness (QED) is 0.364. The molecule has 13 heteroatoms. The fourth-order valence-electron chi connectivity index (χ4n) is 4.48. The highest BCUT2D eigenvalue weighted by Gasteiger charge is 2.23. The van der Waals surface area contributed by atoms with E-state index in [0.29, 0.717) is 54.8 Å². The molecular weight excluding hydrogens is 508 g/mol. The minimum atomic E-state index is -1.30. The lowest BCUT2D eigenvalue weighted by molar-refractivity contribution is 0.0488. The molecule has 196 valence electrons. The molecule has 1 aromatic carbocycles. The van der Waals surface area contributed by atoms with E-state index in [1.807, 2.05) is 0 Å². The van der Waals surface area contributed by atoms with E-state index in [2.05, 4.69) is 14.8 Å². The van der Waals surface area contributed by atoms with E-state index in [1.165, 1.54) is 17.9 Å². The van der Waals surface area contributed by atoms with Gasteiger partial charge in [-0.3, -0.25) is 27.9 Å². The number of aliphatic hydroxyl groups excluding tert-OH is 2. The Morgan fingerprint density at radius 3 is 2.14 bits per heavy atom. The number of aryl methyl sites for hydroxylation is 1. The highest BCUT2D eigenvalue weighted by atomic mass is 35.5. The predicted molar refractivity (Wildman–Crippen MR) is 138 cm³/mol. The number of β-amino-alcohol motifs (C(OH)–C–C–N with tert-alkyl or cyclic N) is 2. The van der Waals surface area contributed by atoms with Gasteiger partial charge in [0.15, 0.2) is 11.2 Å². The fourth-order valence-corrected chi connectivity index (χ4v) is 5.69. The molecule has 0 radical (unpaired) electrons. The van der Waals surface area contributed by atoms with E-state index in [0.717, 1.165) is 4.57 Å². The summed E-state index contributed by atoms with van der Waals surface area (Å²) in [5.74, 6) is 0.157. The van der Waals surface area contributed by atoms with Gasteiger partial charge in [0.2, 0.25) is 0 Å². The average molecular weight is 539 g/mol. The van der Waals surface area contributed by atoms with Crippen LogP contribution in [0.2, 0.25) is 5.02 Å². The number of aliphatic hydroxyl groups is 2. The van der Waals surface area contributed by atoms with Gasteiger partial charge in [-0.2, -0.15) is 0 Å². The van der Waals surface area contributed by atoms with Crippen LogP contribution >= 0.6 is 11.6 Å². The second-order valence-electron chi connectivity index (χ2n) is 9.15. The molecule has 1 aliphatic heterocycles. The summed E-state index contributed by atoms with van der Waals surface area (Å²) in [6.45, 7) is 3.89. The van der Waals surface area contributed by atoms with Gasteiger partial charge < -0.3 is 14.8 Å². The van der Waals surface area contributed by atoms with E-state index in [-0.39, 0.29) is 17.8 Å². The Labute approximate surface area is 215 Å². The third-order valence-corrected chi connectivity index (χ3v) is 8.19. The highest BCUT2D eigenvalue weighted by Crippen LogP contribution is 2.14. The van der Waals surface area contributed by atoms with Crippen molar-refractivity contribution in [3.63, 3.8) is 0 Å². The number of imidazole rings is 1. The summed E-state index contributed by atoms with van der Waals surface area (Å²) in [4.78, 5) is 33.8. The number of hydrogen-bond acceptors (Lipinski definition) is 8. The molecule has 1 aliphatic rings. The van der Waals surface area contributed by atoms with Gasteiger partial charge in [0.05, 0.1) is 41.6 Å².